The Kier molecular flexibility index (Phi) is 13.9. The van der Waals surface area contributed by atoms with Gasteiger partial charge in [-0.1, -0.05) is 44.2 Å². The second-order valence-electron chi connectivity index (χ2n) is 7.00. The van der Waals surface area contributed by atoms with Crippen LogP contribution >= 0.6 is 24.0 Å². The second-order valence-corrected chi connectivity index (χ2v) is 7.00. The number of rotatable bonds is 12. The molecule has 0 saturated carbocycles. The lowest BCUT2D eigenvalue weighted by molar-refractivity contribution is 0.172. The van der Waals surface area contributed by atoms with Gasteiger partial charge in [-0.3, -0.25) is 9.89 Å². The zero-order chi connectivity index (χ0) is 21.6. The van der Waals surface area contributed by atoms with E-state index in [1.165, 1.54) is 11.1 Å². The predicted molar refractivity (Wildman–Crippen MR) is 141 cm³/mol. The van der Waals surface area contributed by atoms with Crippen LogP contribution in [0.3, 0.4) is 0 Å². The van der Waals surface area contributed by atoms with E-state index < -0.39 is 0 Å². The van der Waals surface area contributed by atoms with Crippen LogP contribution in [0.15, 0.2) is 53.5 Å². The number of anilines is 1. The third-order valence-corrected chi connectivity index (χ3v) is 4.93. The molecule has 2 aromatic carbocycles. The van der Waals surface area contributed by atoms with Crippen LogP contribution in [0.2, 0.25) is 0 Å². The van der Waals surface area contributed by atoms with Crippen LogP contribution in [-0.4, -0.2) is 51.3 Å². The average molecular weight is 540 g/mol. The van der Waals surface area contributed by atoms with Gasteiger partial charge in [-0.15, -0.1) is 24.0 Å². The zero-order valence-electron chi connectivity index (χ0n) is 19.2. The van der Waals surface area contributed by atoms with Crippen molar-refractivity contribution < 1.29 is 9.47 Å². The smallest absolute Gasteiger partial charge is 0.195 e. The first-order valence-corrected chi connectivity index (χ1v) is 10.7. The molecule has 0 aliphatic heterocycles. The van der Waals surface area contributed by atoms with Crippen molar-refractivity contribution in [3.05, 3.63) is 59.7 Å². The van der Waals surface area contributed by atoms with E-state index in [-0.39, 0.29) is 24.0 Å². The fourth-order valence-corrected chi connectivity index (χ4v) is 3.12. The number of halogens is 1. The van der Waals surface area contributed by atoms with E-state index in [4.69, 9.17) is 9.47 Å². The van der Waals surface area contributed by atoms with Gasteiger partial charge < -0.3 is 20.1 Å². The van der Waals surface area contributed by atoms with Crippen LogP contribution in [0.25, 0.3) is 0 Å². The van der Waals surface area contributed by atoms with Gasteiger partial charge in [0.2, 0.25) is 0 Å². The Morgan fingerprint density at radius 2 is 1.74 bits per heavy atom. The third-order valence-electron chi connectivity index (χ3n) is 4.93. The van der Waals surface area contributed by atoms with Gasteiger partial charge >= 0.3 is 0 Å². The number of methoxy groups -OCH3 is 1. The topological polar surface area (TPSA) is 58.1 Å². The number of nitrogens with one attached hydrogen (secondary N) is 2. The van der Waals surface area contributed by atoms with E-state index in [2.05, 4.69) is 58.6 Å². The van der Waals surface area contributed by atoms with Crippen molar-refractivity contribution in [3.8, 4) is 5.75 Å². The first-order valence-electron chi connectivity index (χ1n) is 10.7. The number of ether oxygens (including phenoxy) is 2. The molecule has 0 unspecified atom stereocenters. The molecule has 2 rings (SSSR count). The summed E-state index contributed by atoms with van der Waals surface area (Å²) >= 11 is 0. The number of hydrogen-bond acceptors (Lipinski definition) is 4. The summed E-state index contributed by atoms with van der Waals surface area (Å²) in [5.74, 6) is 1.56. The lowest BCUT2D eigenvalue weighted by atomic mass is 10.1. The third kappa shape index (κ3) is 9.88. The van der Waals surface area contributed by atoms with Gasteiger partial charge in [0.25, 0.3) is 0 Å². The van der Waals surface area contributed by atoms with Crippen molar-refractivity contribution in [1.82, 2.24) is 10.2 Å². The molecule has 2 aromatic rings. The minimum Gasteiger partial charge on any atom is -0.493 e. The Morgan fingerprint density at radius 1 is 1.00 bits per heavy atom. The highest BCUT2D eigenvalue weighted by molar-refractivity contribution is 14.0. The van der Waals surface area contributed by atoms with Crippen molar-refractivity contribution in [1.29, 1.82) is 0 Å². The van der Waals surface area contributed by atoms with E-state index in [0.29, 0.717) is 19.8 Å². The minimum atomic E-state index is 0. The maximum atomic E-state index is 5.78. The van der Waals surface area contributed by atoms with Crippen molar-refractivity contribution in [2.24, 2.45) is 4.99 Å². The molecule has 0 bridgehead atoms. The molecule has 0 atom stereocenters. The zero-order valence-corrected chi connectivity index (χ0v) is 21.5. The van der Waals surface area contributed by atoms with E-state index >= 15 is 0 Å². The van der Waals surface area contributed by atoms with Gasteiger partial charge in [0.05, 0.1) is 6.61 Å². The maximum Gasteiger partial charge on any atom is 0.195 e. The number of guanidine groups is 1. The van der Waals surface area contributed by atoms with Crippen molar-refractivity contribution in [2.75, 3.05) is 45.8 Å². The Labute approximate surface area is 204 Å². The lowest BCUT2D eigenvalue weighted by Gasteiger charge is -2.20. The maximum absolute atomic E-state index is 5.78. The Hall–Kier alpha value is -1.84. The van der Waals surface area contributed by atoms with Gasteiger partial charge in [-0.2, -0.15) is 0 Å². The summed E-state index contributed by atoms with van der Waals surface area (Å²) in [4.78, 5) is 6.78. The molecular weight excluding hydrogens is 503 g/mol. The van der Waals surface area contributed by atoms with Crippen molar-refractivity contribution >= 4 is 35.6 Å². The Morgan fingerprint density at radius 3 is 2.42 bits per heavy atom. The van der Waals surface area contributed by atoms with Crippen LogP contribution in [-0.2, 0) is 17.8 Å². The van der Waals surface area contributed by atoms with Gasteiger partial charge in [0, 0.05) is 52.0 Å². The van der Waals surface area contributed by atoms with Gasteiger partial charge in [-0.25, -0.2) is 0 Å². The largest absolute Gasteiger partial charge is 0.493 e. The quantitative estimate of drug-likeness (QED) is 0.176. The molecule has 7 heteroatoms. The molecule has 6 nitrogen and oxygen atoms in total. The summed E-state index contributed by atoms with van der Waals surface area (Å²) < 4.78 is 10.8. The number of benzene rings is 2. The summed E-state index contributed by atoms with van der Waals surface area (Å²) in [7, 11) is 3.48. The predicted octanol–water partition coefficient (Wildman–Crippen LogP) is 4.75. The Balaban J connectivity index is 0.00000480. The molecule has 0 spiro atoms. The van der Waals surface area contributed by atoms with E-state index in [1.54, 1.807) is 14.2 Å². The molecule has 0 aromatic heterocycles. The fourth-order valence-electron chi connectivity index (χ4n) is 3.12. The second kappa shape index (κ2) is 15.9. The molecular formula is C24H37IN4O2. The first kappa shape index (κ1) is 27.2. The molecule has 172 valence electrons. The molecule has 0 heterocycles. The fraction of sp³-hybridized carbons (Fsp3) is 0.458. The summed E-state index contributed by atoms with van der Waals surface area (Å²) in [5.41, 5.74) is 3.56. The molecule has 0 saturated heterocycles. The normalized spacial score (nSPS) is 11.2. The average Bonchev–Trinajstić information content (AvgIpc) is 2.78. The van der Waals surface area contributed by atoms with Crippen molar-refractivity contribution in [3.63, 3.8) is 0 Å². The molecule has 2 N–H and O–H groups in total. The molecule has 0 radical (unpaired) electrons. The number of hydrogen-bond donors (Lipinski definition) is 2. The molecule has 0 aliphatic carbocycles. The highest BCUT2D eigenvalue weighted by atomic mass is 127. The molecule has 0 fully saturated rings. The van der Waals surface area contributed by atoms with E-state index in [9.17, 15) is 0 Å². The number of nitrogens with zero attached hydrogens (tertiary/aromatic N) is 2. The molecule has 0 aliphatic rings. The van der Waals surface area contributed by atoms with Gasteiger partial charge in [0.1, 0.15) is 5.75 Å². The Bertz CT molecular complexity index is 782. The minimum absolute atomic E-state index is 0. The van der Waals surface area contributed by atoms with E-state index in [0.717, 1.165) is 43.5 Å². The summed E-state index contributed by atoms with van der Waals surface area (Å²) in [5, 5.41) is 6.77. The summed E-state index contributed by atoms with van der Waals surface area (Å²) in [6.45, 7) is 9.50. The van der Waals surface area contributed by atoms with Gasteiger partial charge in [0.15, 0.2) is 5.96 Å². The van der Waals surface area contributed by atoms with Crippen LogP contribution in [0.5, 0.6) is 5.75 Å². The van der Waals surface area contributed by atoms with Crippen LogP contribution in [0, 0.1) is 0 Å². The summed E-state index contributed by atoms with van der Waals surface area (Å²) in [6.07, 6.45) is 0.865. The van der Waals surface area contributed by atoms with Crippen LogP contribution in [0.4, 0.5) is 5.69 Å². The van der Waals surface area contributed by atoms with Crippen molar-refractivity contribution in [2.45, 2.75) is 33.4 Å². The highest BCUT2D eigenvalue weighted by Crippen LogP contribution is 2.18. The SMILES string of the molecule is CCN(CC)Cc1ccccc1CNC(=NC)Nc1cccc(OCCCOC)c1.I. The molecule has 0 amide bonds. The van der Waals surface area contributed by atoms with Crippen LogP contribution < -0.4 is 15.4 Å². The van der Waals surface area contributed by atoms with Gasteiger partial charge in [-0.05, 0) is 36.3 Å². The molecule has 31 heavy (non-hydrogen) atoms. The summed E-state index contributed by atoms with van der Waals surface area (Å²) in [6, 6.07) is 16.5. The number of aliphatic imine (C=N–C) groups is 1. The highest BCUT2D eigenvalue weighted by Gasteiger charge is 2.07. The standard InChI is InChI=1S/C24H36N4O2.HI/c1-5-28(6-2)19-21-12-8-7-11-20(21)18-26-24(25-3)27-22-13-9-14-23(17-22)30-16-10-15-29-4;/h7-9,11-14,17H,5-6,10,15-16,18-19H2,1-4H3,(H2,25,26,27);1H. The van der Waals surface area contributed by atoms with E-state index in [1.807, 2.05) is 24.3 Å². The lowest BCUT2D eigenvalue weighted by Crippen LogP contribution is -2.31. The van der Waals surface area contributed by atoms with Crippen LogP contribution in [0.1, 0.15) is 31.4 Å². The monoisotopic (exact) mass is 540 g/mol. The first-order chi connectivity index (χ1) is 14.7.